The second-order valence-electron chi connectivity index (χ2n) is 6.17. The molecule has 1 N–H and O–H groups in total. The van der Waals surface area contributed by atoms with Crippen molar-refractivity contribution in [2.45, 2.75) is 32.6 Å². The van der Waals surface area contributed by atoms with Gasteiger partial charge in [-0.2, -0.15) is 5.26 Å². The molecule has 1 aromatic heterocycles. The number of nitriles is 1. The fourth-order valence-electron chi connectivity index (χ4n) is 3.52. The van der Waals surface area contributed by atoms with E-state index in [1.54, 1.807) is 6.08 Å². The van der Waals surface area contributed by atoms with Gasteiger partial charge in [-0.25, -0.2) is 0 Å². The van der Waals surface area contributed by atoms with Crippen LogP contribution in [0.4, 0.5) is 5.69 Å². The number of nitrogens with one attached hydrogen (secondary N) is 1. The molecule has 2 aliphatic rings. The van der Waals surface area contributed by atoms with Gasteiger partial charge in [-0.3, -0.25) is 4.79 Å². The number of nitrogens with zero attached hydrogens (tertiary/aromatic N) is 1. The molecule has 0 spiro atoms. The van der Waals surface area contributed by atoms with Gasteiger partial charge in [-0.05, 0) is 72.5 Å². The molecule has 0 atom stereocenters. The standard InChI is InChI=1S/C19H15IN2O2/c1-10-14(20)6-7-15-18(10)12(19(23)22-15)8-17-13(9-21)11-4-2-3-5-16(11)24-17/h6-8H,2-5H2,1H3,(H,22,23). The molecule has 120 valence electrons. The minimum absolute atomic E-state index is 0.145. The molecular formula is C19H15IN2O2. The molecule has 4 rings (SSSR count). The van der Waals surface area contributed by atoms with E-state index in [0.29, 0.717) is 16.9 Å². The second kappa shape index (κ2) is 5.78. The summed E-state index contributed by atoms with van der Waals surface area (Å²) in [5, 5.41) is 12.5. The molecule has 1 aliphatic heterocycles. The number of aryl methyl sites for hydroxylation is 1. The number of halogens is 1. The number of amides is 1. The number of carbonyl (C=O) groups excluding carboxylic acids is 1. The summed E-state index contributed by atoms with van der Waals surface area (Å²) in [6.07, 6.45) is 5.65. The van der Waals surface area contributed by atoms with Crippen LogP contribution in [0.15, 0.2) is 16.5 Å². The molecule has 0 bridgehead atoms. The van der Waals surface area contributed by atoms with E-state index in [1.165, 1.54) is 0 Å². The van der Waals surface area contributed by atoms with Crippen molar-refractivity contribution in [1.82, 2.24) is 0 Å². The first-order valence-corrected chi connectivity index (χ1v) is 9.05. The van der Waals surface area contributed by atoms with E-state index in [-0.39, 0.29) is 5.91 Å². The predicted molar refractivity (Wildman–Crippen MR) is 100 cm³/mol. The number of hydrogen-bond donors (Lipinski definition) is 1. The molecule has 4 nitrogen and oxygen atoms in total. The Morgan fingerprint density at radius 3 is 2.92 bits per heavy atom. The number of rotatable bonds is 1. The van der Waals surface area contributed by atoms with Crippen molar-refractivity contribution in [2.24, 2.45) is 0 Å². The molecule has 1 aromatic carbocycles. The van der Waals surface area contributed by atoms with Gasteiger partial charge in [0.15, 0.2) is 0 Å². The van der Waals surface area contributed by atoms with Crippen LogP contribution in [0.25, 0.3) is 11.6 Å². The van der Waals surface area contributed by atoms with Gasteiger partial charge in [-0.15, -0.1) is 0 Å². The van der Waals surface area contributed by atoms with Crippen molar-refractivity contribution in [2.75, 3.05) is 5.32 Å². The topological polar surface area (TPSA) is 66.0 Å². The van der Waals surface area contributed by atoms with Crippen molar-refractivity contribution >= 4 is 45.8 Å². The lowest BCUT2D eigenvalue weighted by Gasteiger charge is -2.07. The monoisotopic (exact) mass is 430 g/mol. The van der Waals surface area contributed by atoms with Crippen molar-refractivity contribution in [3.8, 4) is 6.07 Å². The zero-order valence-corrected chi connectivity index (χ0v) is 15.4. The second-order valence-corrected chi connectivity index (χ2v) is 7.33. The summed E-state index contributed by atoms with van der Waals surface area (Å²) in [5.41, 5.74) is 4.97. The lowest BCUT2D eigenvalue weighted by atomic mass is 9.94. The first kappa shape index (κ1) is 15.5. The number of fused-ring (bicyclic) bond motifs is 2. The quantitative estimate of drug-likeness (QED) is 0.538. The summed E-state index contributed by atoms with van der Waals surface area (Å²) < 4.78 is 7.05. The van der Waals surface area contributed by atoms with Crippen LogP contribution in [0.3, 0.4) is 0 Å². The maximum atomic E-state index is 12.4. The number of hydrogen-bond acceptors (Lipinski definition) is 3. The Kier molecular flexibility index (Phi) is 3.72. The maximum absolute atomic E-state index is 12.4. The Bertz CT molecular complexity index is 947. The smallest absolute Gasteiger partial charge is 0.256 e. The van der Waals surface area contributed by atoms with Gasteiger partial charge < -0.3 is 9.73 Å². The third-order valence-electron chi connectivity index (χ3n) is 4.75. The van der Waals surface area contributed by atoms with Crippen LogP contribution in [0, 0.1) is 21.8 Å². The van der Waals surface area contributed by atoms with Gasteiger partial charge in [0.25, 0.3) is 5.91 Å². The summed E-state index contributed by atoms with van der Waals surface area (Å²) >= 11 is 2.27. The Labute approximate surface area is 153 Å². The molecule has 2 heterocycles. The van der Waals surface area contributed by atoms with Gasteiger partial charge in [0.05, 0.1) is 5.57 Å². The van der Waals surface area contributed by atoms with E-state index in [2.05, 4.69) is 34.0 Å². The highest BCUT2D eigenvalue weighted by Crippen LogP contribution is 2.39. The predicted octanol–water partition coefficient (Wildman–Crippen LogP) is 4.44. The normalized spacial score (nSPS) is 17.4. The van der Waals surface area contributed by atoms with E-state index in [1.807, 2.05) is 19.1 Å². The van der Waals surface area contributed by atoms with Crippen molar-refractivity contribution in [3.63, 3.8) is 0 Å². The van der Waals surface area contributed by atoms with E-state index in [9.17, 15) is 10.1 Å². The van der Waals surface area contributed by atoms with Crippen molar-refractivity contribution in [3.05, 3.63) is 49.5 Å². The summed E-state index contributed by atoms with van der Waals surface area (Å²) in [6, 6.07) is 6.18. The molecule has 2 aromatic rings. The lowest BCUT2D eigenvalue weighted by Crippen LogP contribution is -2.03. The Morgan fingerprint density at radius 2 is 2.12 bits per heavy atom. The molecule has 0 fully saturated rings. The minimum Gasteiger partial charge on any atom is -0.460 e. The number of benzene rings is 1. The molecular weight excluding hydrogens is 415 g/mol. The van der Waals surface area contributed by atoms with E-state index >= 15 is 0 Å². The van der Waals surface area contributed by atoms with Crippen LogP contribution >= 0.6 is 22.6 Å². The highest BCUT2D eigenvalue weighted by atomic mass is 127. The third kappa shape index (κ3) is 2.28. The lowest BCUT2D eigenvalue weighted by molar-refractivity contribution is -0.110. The average molecular weight is 430 g/mol. The fourth-order valence-corrected chi connectivity index (χ4v) is 3.97. The Hall–Kier alpha value is -2.07. The minimum atomic E-state index is -0.145. The number of furan rings is 1. The molecule has 0 saturated carbocycles. The van der Waals surface area contributed by atoms with Crippen LogP contribution in [0.1, 0.15) is 46.6 Å². The van der Waals surface area contributed by atoms with E-state index < -0.39 is 0 Å². The van der Waals surface area contributed by atoms with Crippen LogP contribution in [0.5, 0.6) is 0 Å². The zero-order chi connectivity index (χ0) is 16.8. The first-order valence-electron chi connectivity index (χ1n) is 7.97. The van der Waals surface area contributed by atoms with Gasteiger partial charge in [0.1, 0.15) is 23.2 Å². The average Bonchev–Trinajstić information content (AvgIpc) is 3.09. The van der Waals surface area contributed by atoms with Gasteiger partial charge >= 0.3 is 0 Å². The molecule has 5 heteroatoms. The Morgan fingerprint density at radius 1 is 1.33 bits per heavy atom. The summed E-state index contributed by atoms with van der Waals surface area (Å²) in [4.78, 5) is 12.4. The van der Waals surface area contributed by atoms with Gasteiger partial charge in [0, 0.05) is 26.8 Å². The SMILES string of the molecule is Cc1c(I)ccc2c1C(=Cc1oc3c(c1C#N)CCCC3)C(=O)N2. The molecule has 0 unspecified atom stereocenters. The van der Waals surface area contributed by atoms with Crippen molar-refractivity contribution < 1.29 is 9.21 Å². The van der Waals surface area contributed by atoms with Crippen LogP contribution in [-0.2, 0) is 17.6 Å². The first-order chi connectivity index (χ1) is 11.6. The van der Waals surface area contributed by atoms with Crippen LogP contribution in [0.2, 0.25) is 0 Å². The van der Waals surface area contributed by atoms with Gasteiger partial charge in [-0.1, -0.05) is 0 Å². The number of anilines is 1. The maximum Gasteiger partial charge on any atom is 0.256 e. The third-order valence-corrected chi connectivity index (χ3v) is 5.92. The highest BCUT2D eigenvalue weighted by molar-refractivity contribution is 14.1. The van der Waals surface area contributed by atoms with E-state index in [0.717, 1.165) is 57.4 Å². The molecule has 1 amide bonds. The zero-order valence-electron chi connectivity index (χ0n) is 13.2. The van der Waals surface area contributed by atoms with Crippen LogP contribution in [-0.4, -0.2) is 5.91 Å². The molecule has 24 heavy (non-hydrogen) atoms. The highest BCUT2D eigenvalue weighted by Gasteiger charge is 2.29. The van der Waals surface area contributed by atoms with Crippen molar-refractivity contribution in [1.29, 1.82) is 5.26 Å². The Balaban J connectivity index is 1.90. The molecule has 0 saturated heterocycles. The summed E-state index contributed by atoms with van der Waals surface area (Å²) in [7, 11) is 0. The van der Waals surface area contributed by atoms with Gasteiger partial charge in [0.2, 0.25) is 0 Å². The molecule has 0 radical (unpaired) electrons. The number of carbonyl (C=O) groups is 1. The van der Waals surface area contributed by atoms with Crippen LogP contribution < -0.4 is 5.32 Å². The van der Waals surface area contributed by atoms with E-state index in [4.69, 9.17) is 4.42 Å². The fraction of sp³-hybridized carbons (Fsp3) is 0.263. The summed E-state index contributed by atoms with van der Waals surface area (Å²) in [6.45, 7) is 2.01. The molecule has 1 aliphatic carbocycles. The summed E-state index contributed by atoms with van der Waals surface area (Å²) in [5.74, 6) is 1.27. The largest absolute Gasteiger partial charge is 0.460 e.